The van der Waals surface area contributed by atoms with Crippen LogP contribution in [0.15, 0.2) is 24.3 Å². The number of carbonyl (C=O) groups excluding carboxylic acids is 1. The molecule has 0 fully saturated rings. The highest BCUT2D eigenvalue weighted by Gasteiger charge is 2.38. The third kappa shape index (κ3) is 5.54. The Morgan fingerprint density at radius 2 is 1.90 bits per heavy atom. The molecule has 0 aliphatic rings. The van der Waals surface area contributed by atoms with Crippen LogP contribution < -0.4 is 5.32 Å². The molecule has 1 aromatic rings. The highest BCUT2D eigenvalue weighted by Crippen LogP contribution is 2.20. The quantitative estimate of drug-likeness (QED) is 0.811. The number of benzene rings is 1. The molecule has 1 unspecified atom stereocenters. The first-order chi connectivity index (χ1) is 9.18. The van der Waals surface area contributed by atoms with Crippen LogP contribution in [-0.4, -0.2) is 48.3 Å². The van der Waals surface area contributed by atoms with Crippen LogP contribution >= 0.6 is 0 Å². The number of alkyl halides is 3. The monoisotopic (exact) mass is 294 g/mol. The van der Waals surface area contributed by atoms with Gasteiger partial charge >= 0.3 is 6.18 Å². The van der Waals surface area contributed by atoms with Gasteiger partial charge in [-0.1, -0.05) is 0 Å². The molecule has 112 valence electrons. The predicted octanol–water partition coefficient (Wildman–Crippen LogP) is 1.62. The van der Waals surface area contributed by atoms with Crippen LogP contribution in [-0.2, 0) is 4.79 Å². The van der Waals surface area contributed by atoms with Gasteiger partial charge in [0.2, 0.25) is 5.91 Å². The Balaban J connectivity index is 2.44. The van der Waals surface area contributed by atoms with E-state index in [-0.39, 0.29) is 6.54 Å². The first-order valence-corrected chi connectivity index (χ1v) is 5.67. The summed E-state index contributed by atoms with van der Waals surface area (Å²) in [5.74, 6) is -1.03. The molecule has 0 aliphatic heterocycles. The summed E-state index contributed by atoms with van der Waals surface area (Å²) in [4.78, 5) is 12.6. The minimum atomic E-state index is -4.72. The summed E-state index contributed by atoms with van der Waals surface area (Å²) < 4.78 is 49.0. The maximum absolute atomic E-state index is 12.6. The molecule has 0 saturated carbocycles. The van der Waals surface area contributed by atoms with E-state index in [9.17, 15) is 22.4 Å². The molecule has 0 aromatic heterocycles. The van der Waals surface area contributed by atoms with Gasteiger partial charge in [-0.25, -0.2) is 4.39 Å². The number of rotatable bonds is 5. The average Bonchev–Trinajstić information content (AvgIpc) is 2.30. The van der Waals surface area contributed by atoms with E-state index in [0.717, 1.165) is 17.0 Å². The molecule has 1 aromatic carbocycles. The van der Waals surface area contributed by atoms with Crippen molar-refractivity contribution in [2.45, 2.75) is 12.3 Å². The van der Waals surface area contributed by atoms with Crippen LogP contribution in [0, 0.1) is 5.82 Å². The zero-order valence-electron chi connectivity index (χ0n) is 10.6. The number of anilines is 1. The Hall–Kier alpha value is -1.67. The van der Waals surface area contributed by atoms with Crippen molar-refractivity contribution in [2.75, 3.05) is 25.5 Å². The minimum Gasteiger partial charge on any atom is -0.382 e. The molecule has 0 radical (unpaired) electrons. The number of hydrogen-bond donors (Lipinski definition) is 2. The van der Waals surface area contributed by atoms with E-state index in [0.29, 0.717) is 5.69 Å². The highest BCUT2D eigenvalue weighted by atomic mass is 19.4. The van der Waals surface area contributed by atoms with Gasteiger partial charge in [0.25, 0.3) is 0 Å². The fraction of sp³-hybridized carbons (Fsp3) is 0.417. The number of likely N-dealkylation sites (N-methyl/N-ethyl adjacent to an activating group) is 1. The molecule has 20 heavy (non-hydrogen) atoms. The second-order valence-corrected chi connectivity index (χ2v) is 4.31. The number of carbonyl (C=O) groups is 1. The summed E-state index contributed by atoms with van der Waals surface area (Å²) in [5, 5.41) is 11.3. The van der Waals surface area contributed by atoms with Crippen molar-refractivity contribution >= 4 is 11.6 Å². The molecule has 1 amide bonds. The van der Waals surface area contributed by atoms with E-state index in [1.54, 1.807) is 0 Å². The summed E-state index contributed by atoms with van der Waals surface area (Å²) in [6.07, 6.45) is -7.23. The van der Waals surface area contributed by atoms with Crippen molar-refractivity contribution in [1.82, 2.24) is 4.90 Å². The minimum absolute atomic E-state index is 0.329. The van der Waals surface area contributed by atoms with Gasteiger partial charge in [-0.05, 0) is 31.3 Å². The van der Waals surface area contributed by atoms with Gasteiger partial charge in [0.1, 0.15) is 5.82 Å². The molecule has 8 heteroatoms. The van der Waals surface area contributed by atoms with Crippen LogP contribution in [0.25, 0.3) is 0 Å². The lowest BCUT2D eigenvalue weighted by Gasteiger charge is -2.21. The second kappa shape index (κ2) is 6.67. The lowest BCUT2D eigenvalue weighted by molar-refractivity contribution is -0.207. The fourth-order valence-corrected chi connectivity index (χ4v) is 1.44. The van der Waals surface area contributed by atoms with E-state index in [4.69, 9.17) is 5.11 Å². The Bertz CT molecular complexity index is 448. The summed E-state index contributed by atoms with van der Waals surface area (Å²) in [7, 11) is 1.28. The molecule has 4 nitrogen and oxygen atoms in total. The van der Waals surface area contributed by atoms with Crippen LogP contribution in [0.2, 0.25) is 0 Å². The van der Waals surface area contributed by atoms with Crippen molar-refractivity contribution in [3.63, 3.8) is 0 Å². The number of amides is 1. The van der Waals surface area contributed by atoms with Crippen molar-refractivity contribution in [3.8, 4) is 0 Å². The van der Waals surface area contributed by atoms with Crippen LogP contribution in [0.5, 0.6) is 0 Å². The number of aliphatic hydroxyl groups excluding tert-OH is 1. The SMILES string of the molecule is CN(CC(=O)Nc1ccc(F)cc1)CC(O)C(F)(F)F. The standard InChI is InChI=1S/C12H14F4N2O2/c1-18(6-10(19)12(14,15)16)7-11(20)17-9-4-2-8(13)3-5-9/h2-5,10,19H,6-7H2,1H3,(H,17,20). The number of aliphatic hydroxyl groups is 1. The molecular weight excluding hydrogens is 280 g/mol. The normalized spacial score (nSPS) is 13.3. The Kier molecular flexibility index (Phi) is 5.46. The van der Waals surface area contributed by atoms with Crippen molar-refractivity contribution in [3.05, 3.63) is 30.1 Å². The number of nitrogens with one attached hydrogen (secondary N) is 1. The van der Waals surface area contributed by atoms with E-state index in [1.807, 2.05) is 0 Å². The maximum Gasteiger partial charge on any atom is 0.415 e. The molecule has 1 rings (SSSR count). The molecular formula is C12H14F4N2O2. The van der Waals surface area contributed by atoms with E-state index in [1.165, 1.54) is 19.2 Å². The number of halogens is 4. The van der Waals surface area contributed by atoms with Crippen LogP contribution in [0.3, 0.4) is 0 Å². The smallest absolute Gasteiger partial charge is 0.382 e. The summed E-state index contributed by atoms with van der Waals surface area (Å²) in [6, 6.07) is 4.95. The Labute approximate surface area is 113 Å². The van der Waals surface area contributed by atoms with Gasteiger partial charge in [-0.15, -0.1) is 0 Å². The summed E-state index contributed by atoms with van der Waals surface area (Å²) in [5.41, 5.74) is 0.334. The predicted molar refractivity (Wildman–Crippen MR) is 64.6 cm³/mol. The zero-order valence-corrected chi connectivity index (χ0v) is 10.6. The largest absolute Gasteiger partial charge is 0.415 e. The fourth-order valence-electron chi connectivity index (χ4n) is 1.44. The first-order valence-electron chi connectivity index (χ1n) is 5.67. The number of hydrogen-bond acceptors (Lipinski definition) is 3. The molecule has 1 atom stereocenters. The van der Waals surface area contributed by atoms with Gasteiger partial charge in [-0.3, -0.25) is 9.69 Å². The lowest BCUT2D eigenvalue weighted by atomic mass is 10.3. The van der Waals surface area contributed by atoms with E-state index < -0.39 is 30.5 Å². The van der Waals surface area contributed by atoms with Crippen molar-refractivity contribution in [1.29, 1.82) is 0 Å². The molecule has 2 N–H and O–H groups in total. The second-order valence-electron chi connectivity index (χ2n) is 4.31. The van der Waals surface area contributed by atoms with E-state index in [2.05, 4.69) is 5.32 Å². The van der Waals surface area contributed by atoms with Crippen LogP contribution in [0.4, 0.5) is 23.2 Å². The number of nitrogens with zero attached hydrogens (tertiary/aromatic N) is 1. The average molecular weight is 294 g/mol. The van der Waals surface area contributed by atoms with Gasteiger partial charge < -0.3 is 10.4 Å². The van der Waals surface area contributed by atoms with Crippen molar-refractivity contribution in [2.24, 2.45) is 0 Å². The first kappa shape index (κ1) is 16.4. The summed E-state index contributed by atoms with van der Waals surface area (Å²) in [6.45, 7) is -1.04. The van der Waals surface area contributed by atoms with Gasteiger partial charge in [0.15, 0.2) is 6.10 Å². The van der Waals surface area contributed by atoms with E-state index >= 15 is 0 Å². The lowest BCUT2D eigenvalue weighted by Crippen LogP contribution is -2.42. The molecule has 0 spiro atoms. The van der Waals surface area contributed by atoms with Crippen LogP contribution in [0.1, 0.15) is 0 Å². The molecule has 0 heterocycles. The third-order valence-corrected chi connectivity index (χ3v) is 2.40. The Morgan fingerprint density at radius 1 is 1.35 bits per heavy atom. The highest BCUT2D eigenvalue weighted by molar-refractivity contribution is 5.92. The van der Waals surface area contributed by atoms with Gasteiger partial charge in [-0.2, -0.15) is 13.2 Å². The van der Waals surface area contributed by atoms with Crippen molar-refractivity contribution < 1.29 is 27.5 Å². The van der Waals surface area contributed by atoms with Gasteiger partial charge in [0.05, 0.1) is 6.54 Å². The molecule has 0 bridgehead atoms. The third-order valence-electron chi connectivity index (χ3n) is 2.40. The van der Waals surface area contributed by atoms with Gasteiger partial charge in [0, 0.05) is 12.2 Å². The summed E-state index contributed by atoms with van der Waals surface area (Å²) >= 11 is 0. The Morgan fingerprint density at radius 3 is 2.40 bits per heavy atom. The molecule has 0 saturated heterocycles. The zero-order chi connectivity index (χ0) is 15.3. The topological polar surface area (TPSA) is 52.6 Å². The maximum atomic E-state index is 12.6. The molecule has 0 aliphatic carbocycles.